The summed E-state index contributed by atoms with van der Waals surface area (Å²) >= 11 is 6.94. The molecule has 0 aliphatic carbocycles. The summed E-state index contributed by atoms with van der Waals surface area (Å²) in [6.45, 7) is 10.4. The van der Waals surface area contributed by atoms with Gasteiger partial charge in [0.25, 0.3) is 5.91 Å². The number of rotatable bonds is 7. The molecule has 0 atom stereocenters. The number of carbonyl (C=O) groups is 1. The summed E-state index contributed by atoms with van der Waals surface area (Å²) < 4.78 is 1.79. The normalized spacial score (nSPS) is 11.2. The van der Waals surface area contributed by atoms with Crippen molar-refractivity contribution in [2.24, 2.45) is 11.8 Å². The third-order valence-electron chi connectivity index (χ3n) is 3.40. The lowest BCUT2D eigenvalue weighted by molar-refractivity contribution is 0.0740. The van der Waals surface area contributed by atoms with E-state index < -0.39 is 0 Å². The minimum absolute atomic E-state index is 0.115. The standard InChI is InChI=1S/C17H25Br2NO/c1-12(2)7-9-20(10-8-13(3)4)17(21)15-11-14(18)5-6-16(15)19/h5-6,11-13H,7-10H2,1-4H3. The van der Waals surface area contributed by atoms with Gasteiger partial charge in [-0.25, -0.2) is 0 Å². The van der Waals surface area contributed by atoms with E-state index in [2.05, 4.69) is 59.6 Å². The maximum absolute atomic E-state index is 12.8. The zero-order chi connectivity index (χ0) is 16.0. The summed E-state index contributed by atoms with van der Waals surface area (Å²) in [6.07, 6.45) is 2.07. The van der Waals surface area contributed by atoms with Gasteiger partial charge in [0.2, 0.25) is 0 Å². The maximum atomic E-state index is 12.8. The Balaban J connectivity index is 2.89. The van der Waals surface area contributed by atoms with Crippen LogP contribution in [0.3, 0.4) is 0 Å². The average Bonchev–Trinajstić information content (AvgIpc) is 2.40. The van der Waals surface area contributed by atoms with Crippen LogP contribution in [0.5, 0.6) is 0 Å². The van der Waals surface area contributed by atoms with Crippen LogP contribution in [0, 0.1) is 11.8 Å². The Hall–Kier alpha value is -0.350. The van der Waals surface area contributed by atoms with Gasteiger partial charge in [-0.15, -0.1) is 0 Å². The highest BCUT2D eigenvalue weighted by Gasteiger charge is 2.19. The molecule has 0 aliphatic rings. The lowest BCUT2D eigenvalue weighted by atomic mass is 10.1. The van der Waals surface area contributed by atoms with Crippen LogP contribution in [-0.4, -0.2) is 23.9 Å². The second kappa shape index (κ2) is 8.94. The molecular formula is C17H25Br2NO. The van der Waals surface area contributed by atoms with Crippen molar-refractivity contribution >= 4 is 37.8 Å². The number of carbonyl (C=O) groups excluding carboxylic acids is 1. The Morgan fingerprint density at radius 3 is 2.05 bits per heavy atom. The quantitative estimate of drug-likeness (QED) is 0.552. The zero-order valence-corrected chi connectivity index (χ0v) is 16.5. The predicted octanol–water partition coefficient (Wildman–Crippen LogP) is 5.75. The summed E-state index contributed by atoms with van der Waals surface area (Å²) in [7, 11) is 0. The Kier molecular flexibility index (Phi) is 7.96. The first-order chi connectivity index (χ1) is 9.81. The molecule has 21 heavy (non-hydrogen) atoms. The van der Waals surface area contributed by atoms with E-state index in [9.17, 15) is 4.79 Å². The molecule has 0 bridgehead atoms. The molecule has 0 saturated heterocycles. The van der Waals surface area contributed by atoms with Crippen LogP contribution < -0.4 is 0 Å². The first-order valence-corrected chi connectivity index (χ1v) is 9.14. The van der Waals surface area contributed by atoms with Crippen molar-refractivity contribution in [2.75, 3.05) is 13.1 Å². The number of halogens is 2. The molecule has 1 rings (SSSR count). The monoisotopic (exact) mass is 417 g/mol. The van der Waals surface area contributed by atoms with E-state index in [4.69, 9.17) is 0 Å². The van der Waals surface area contributed by atoms with Crippen molar-refractivity contribution < 1.29 is 4.79 Å². The molecule has 0 saturated carbocycles. The van der Waals surface area contributed by atoms with E-state index in [0.717, 1.165) is 40.4 Å². The van der Waals surface area contributed by atoms with Gasteiger partial charge in [0.05, 0.1) is 5.56 Å². The van der Waals surface area contributed by atoms with Gasteiger partial charge in [0.15, 0.2) is 0 Å². The molecular weight excluding hydrogens is 394 g/mol. The maximum Gasteiger partial charge on any atom is 0.255 e. The predicted molar refractivity (Wildman–Crippen MR) is 96.7 cm³/mol. The molecule has 1 aromatic rings. The molecule has 0 N–H and O–H groups in total. The van der Waals surface area contributed by atoms with Gasteiger partial charge in [0, 0.05) is 22.0 Å². The van der Waals surface area contributed by atoms with Gasteiger partial charge in [-0.05, 0) is 58.8 Å². The third-order valence-corrected chi connectivity index (χ3v) is 4.58. The van der Waals surface area contributed by atoms with E-state index in [-0.39, 0.29) is 5.91 Å². The number of benzene rings is 1. The molecule has 0 aromatic heterocycles. The zero-order valence-electron chi connectivity index (χ0n) is 13.3. The van der Waals surface area contributed by atoms with Crippen molar-refractivity contribution in [3.63, 3.8) is 0 Å². The lowest BCUT2D eigenvalue weighted by Crippen LogP contribution is -2.34. The van der Waals surface area contributed by atoms with Gasteiger partial charge in [-0.3, -0.25) is 4.79 Å². The molecule has 2 nitrogen and oxygen atoms in total. The van der Waals surface area contributed by atoms with Crippen LogP contribution in [0.1, 0.15) is 50.9 Å². The number of amides is 1. The summed E-state index contributed by atoms with van der Waals surface area (Å²) in [5.41, 5.74) is 0.733. The minimum Gasteiger partial charge on any atom is -0.339 e. The topological polar surface area (TPSA) is 20.3 Å². The van der Waals surface area contributed by atoms with Crippen LogP contribution in [0.15, 0.2) is 27.1 Å². The number of hydrogen-bond acceptors (Lipinski definition) is 1. The molecule has 1 amide bonds. The number of nitrogens with zero attached hydrogens (tertiary/aromatic N) is 1. The molecule has 4 heteroatoms. The van der Waals surface area contributed by atoms with Crippen LogP contribution >= 0.6 is 31.9 Å². The van der Waals surface area contributed by atoms with E-state index in [0.29, 0.717) is 11.8 Å². The Morgan fingerprint density at radius 1 is 1.05 bits per heavy atom. The Labute approximate surface area is 145 Å². The second-order valence-corrected chi connectivity index (χ2v) is 8.05. The Morgan fingerprint density at radius 2 is 1.57 bits per heavy atom. The Bertz CT molecular complexity index is 460. The smallest absolute Gasteiger partial charge is 0.255 e. The third kappa shape index (κ3) is 6.52. The highest BCUT2D eigenvalue weighted by atomic mass is 79.9. The van der Waals surface area contributed by atoms with Crippen LogP contribution in [-0.2, 0) is 0 Å². The SMILES string of the molecule is CC(C)CCN(CCC(C)C)C(=O)c1cc(Br)ccc1Br. The van der Waals surface area contributed by atoms with Crippen LogP contribution in [0.4, 0.5) is 0 Å². The fourth-order valence-corrected chi connectivity index (χ4v) is 2.75. The molecule has 0 radical (unpaired) electrons. The highest BCUT2D eigenvalue weighted by molar-refractivity contribution is 9.11. The second-order valence-electron chi connectivity index (χ2n) is 6.28. The van der Waals surface area contributed by atoms with Crippen molar-refractivity contribution in [3.05, 3.63) is 32.7 Å². The fourth-order valence-electron chi connectivity index (χ4n) is 1.97. The summed E-state index contributed by atoms with van der Waals surface area (Å²) in [4.78, 5) is 14.8. The van der Waals surface area contributed by atoms with E-state index >= 15 is 0 Å². The van der Waals surface area contributed by atoms with Gasteiger partial charge in [-0.2, -0.15) is 0 Å². The molecule has 0 heterocycles. The molecule has 0 fully saturated rings. The molecule has 0 spiro atoms. The summed E-state index contributed by atoms with van der Waals surface area (Å²) in [5, 5.41) is 0. The fraction of sp³-hybridized carbons (Fsp3) is 0.588. The van der Waals surface area contributed by atoms with Gasteiger partial charge < -0.3 is 4.90 Å². The highest BCUT2D eigenvalue weighted by Crippen LogP contribution is 2.23. The molecule has 0 aliphatic heterocycles. The summed E-state index contributed by atoms with van der Waals surface area (Å²) in [6, 6.07) is 5.75. The average molecular weight is 419 g/mol. The van der Waals surface area contributed by atoms with Gasteiger partial charge in [0.1, 0.15) is 0 Å². The minimum atomic E-state index is 0.115. The van der Waals surface area contributed by atoms with Crippen molar-refractivity contribution in [1.29, 1.82) is 0 Å². The van der Waals surface area contributed by atoms with E-state index in [1.54, 1.807) is 0 Å². The number of hydrogen-bond donors (Lipinski definition) is 0. The summed E-state index contributed by atoms with van der Waals surface area (Å²) in [5.74, 6) is 1.32. The van der Waals surface area contributed by atoms with Crippen molar-refractivity contribution in [1.82, 2.24) is 4.90 Å². The van der Waals surface area contributed by atoms with E-state index in [1.165, 1.54) is 0 Å². The first kappa shape index (κ1) is 18.7. The van der Waals surface area contributed by atoms with Gasteiger partial charge in [-0.1, -0.05) is 43.6 Å². The van der Waals surface area contributed by atoms with E-state index in [1.807, 2.05) is 23.1 Å². The first-order valence-electron chi connectivity index (χ1n) is 7.55. The van der Waals surface area contributed by atoms with Crippen LogP contribution in [0.2, 0.25) is 0 Å². The van der Waals surface area contributed by atoms with Crippen molar-refractivity contribution in [3.8, 4) is 0 Å². The lowest BCUT2D eigenvalue weighted by Gasteiger charge is -2.25. The largest absolute Gasteiger partial charge is 0.339 e. The molecule has 0 unspecified atom stereocenters. The van der Waals surface area contributed by atoms with Crippen molar-refractivity contribution in [2.45, 2.75) is 40.5 Å². The molecule has 1 aromatic carbocycles. The van der Waals surface area contributed by atoms with Gasteiger partial charge >= 0.3 is 0 Å². The molecule has 118 valence electrons. The van der Waals surface area contributed by atoms with Crippen LogP contribution in [0.25, 0.3) is 0 Å².